The topological polar surface area (TPSA) is 71.5 Å². The van der Waals surface area contributed by atoms with Gasteiger partial charge in [-0.15, -0.1) is 0 Å². The van der Waals surface area contributed by atoms with Crippen LogP contribution in [0.25, 0.3) is 0 Å². The Hall–Kier alpha value is -1.76. The Labute approximate surface area is 161 Å². The number of halogens is 1. The van der Waals surface area contributed by atoms with E-state index in [2.05, 4.69) is 26.2 Å². The van der Waals surface area contributed by atoms with Crippen LogP contribution in [0.2, 0.25) is 0 Å². The lowest BCUT2D eigenvalue weighted by Gasteiger charge is -2.36. The molecule has 6 heteroatoms. The van der Waals surface area contributed by atoms with Crippen LogP contribution in [0.4, 0.5) is 5.82 Å². The third kappa shape index (κ3) is 3.98. The number of aliphatic hydroxyl groups is 1. The molecule has 2 aromatic rings. The molecule has 1 aliphatic rings. The number of hydrogen-bond acceptors (Lipinski definition) is 4. The molecule has 1 aromatic heterocycles. The van der Waals surface area contributed by atoms with Crippen LogP contribution in [0.15, 0.2) is 47.1 Å². The fraction of sp³-hybridized carbons (Fsp3) is 0.400. The molecule has 26 heavy (non-hydrogen) atoms. The molecule has 0 aliphatic carbocycles. The summed E-state index contributed by atoms with van der Waals surface area (Å²) in [7, 11) is 0. The number of carbonyl (C=O) groups excluding carboxylic acids is 1. The zero-order valence-corrected chi connectivity index (χ0v) is 16.5. The number of amides is 1. The summed E-state index contributed by atoms with van der Waals surface area (Å²) in [6.07, 6.45) is 2.84. The predicted molar refractivity (Wildman–Crippen MR) is 104 cm³/mol. The van der Waals surface area contributed by atoms with E-state index in [0.29, 0.717) is 37.4 Å². The minimum atomic E-state index is -0.963. The van der Waals surface area contributed by atoms with Gasteiger partial charge in [-0.25, -0.2) is 4.98 Å². The first-order valence-corrected chi connectivity index (χ1v) is 9.45. The molecule has 2 N–H and O–H groups in total. The second-order valence-electron chi connectivity index (χ2n) is 7.15. The number of hydrogen-bond donors (Lipinski definition) is 2. The van der Waals surface area contributed by atoms with Gasteiger partial charge in [0.1, 0.15) is 5.82 Å². The maximum Gasteiger partial charge on any atom is 0.236 e. The second kappa shape index (κ2) is 7.47. The predicted octanol–water partition coefficient (Wildman–Crippen LogP) is 3.76. The fourth-order valence-corrected chi connectivity index (χ4v) is 3.47. The summed E-state index contributed by atoms with van der Waals surface area (Å²) in [6.45, 7) is 4.50. The first-order chi connectivity index (χ1) is 12.3. The molecule has 1 aromatic carbocycles. The van der Waals surface area contributed by atoms with Crippen LogP contribution in [-0.2, 0) is 20.5 Å². The molecule has 0 spiro atoms. The van der Waals surface area contributed by atoms with Gasteiger partial charge in [0, 0.05) is 29.4 Å². The number of benzene rings is 1. The van der Waals surface area contributed by atoms with Gasteiger partial charge in [0.25, 0.3) is 0 Å². The number of anilines is 1. The van der Waals surface area contributed by atoms with E-state index in [-0.39, 0.29) is 5.91 Å². The number of nitrogens with one attached hydrogen (secondary N) is 1. The van der Waals surface area contributed by atoms with E-state index >= 15 is 0 Å². The highest BCUT2D eigenvalue weighted by Gasteiger charge is 2.41. The van der Waals surface area contributed by atoms with Crippen molar-refractivity contribution in [1.29, 1.82) is 0 Å². The van der Waals surface area contributed by atoms with Gasteiger partial charge < -0.3 is 15.2 Å². The van der Waals surface area contributed by atoms with E-state index in [1.807, 2.05) is 24.3 Å². The van der Waals surface area contributed by atoms with Gasteiger partial charge >= 0.3 is 0 Å². The smallest absolute Gasteiger partial charge is 0.236 e. The Balaban J connectivity index is 1.85. The van der Waals surface area contributed by atoms with Crippen molar-refractivity contribution >= 4 is 27.7 Å². The first kappa shape index (κ1) is 19.0. The molecule has 1 amide bonds. The van der Waals surface area contributed by atoms with Crippen LogP contribution < -0.4 is 5.32 Å². The molecule has 0 saturated carbocycles. The summed E-state index contributed by atoms with van der Waals surface area (Å²) in [5.74, 6) is 0.401. The van der Waals surface area contributed by atoms with Crippen LogP contribution in [-0.4, -0.2) is 29.2 Å². The maximum atomic E-state index is 13.2. The Morgan fingerprint density at radius 3 is 2.38 bits per heavy atom. The number of pyridine rings is 1. The summed E-state index contributed by atoms with van der Waals surface area (Å²) in [5, 5.41) is 13.0. The summed E-state index contributed by atoms with van der Waals surface area (Å²) < 4.78 is 6.47. The molecule has 5 nitrogen and oxygen atoms in total. The van der Waals surface area contributed by atoms with E-state index in [1.165, 1.54) is 0 Å². The second-order valence-corrected chi connectivity index (χ2v) is 8.06. The highest BCUT2D eigenvalue weighted by atomic mass is 79.9. The Morgan fingerprint density at radius 1 is 1.19 bits per heavy atom. The molecular formula is C20H23BrN2O3. The van der Waals surface area contributed by atoms with Crippen molar-refractivity contribution < 1.29 is 14.6 Å². The summed E-state index contributed by atoms with van der Waals surface area (Å²) >= 11 is 3.44. The molecule has 138 valence electrons. The number of nitrogens with zero attached hydrogens (tertiary/aromatic N) is 1. The molecule has 3 rings (SSSR count). The van der Waals surface area contributed by atoms with E-state index in [9.17, 15) is 9.90 Å². The van der Waals surface area contributed by atoms with Crippen molar-refractivity contribution in [3.63, 3.8) is 0 Å². The fourth-order valence-electron chi connectivity index (χ4n) is 3.20. The van der Waals surface area contributed by atoms with E-state index in [4.69, 9.17) is 4.74 Å². The highest BCUT2D eigenvalue weighted by molar-refractivity contribution is 9.10. The Kier molecular flexibility index (Phi) is 5.46. The van der Waals surface area contributed by atoms with E-state index in [0.717, 1.165) is 10.0 Å². The molecule has 1 fully saturated rings. The van der Waals surface area contributed by atoms with Crippen molar-refractivity contribution in [3.05, 3.63) is 58.2 Å². The average Bonchev–Trinajstić information content (AvgIpc) is 2.62. The van der Waals surface area contributed by atoms with Crippen molar-refractivity contribution in [2.75, 3.05) is 18.5 Å². The van der Waals surface area contributed by atoms with E-state index in [1.54, 1.807) is 32.2 Å². The standard InChI is InChI=1S/C20H23BrN2O3/c1-19(2,25)15-5-8-17(22-13-15)23-18(24)20(9-11-26-12-10-20)14-3-6-16(21)7-4-14/h3-8,13,25H,9-12H2,1-2H3,(H,22,23,24). The van der Waals surface area contributed by atoms with Gasteiger partial charge in [-0.05, 0) is 50.5 Å². The largest absolute Gasteiger partial charge is 0.386 e. The lowest BCUT2D eigenvalue weighted by atomic mass is 9.73. The number of aromatic nitrogens is 1. The van der Waals surface area contributed by atoms with Crippen molar-refractivity contribution in [2.45, 2.75) is 37.7 Å². The van der Waals surface area contributed by atoms with Crippen LogP contribution in [0.1, 0.15) is 37.8 Å². The molecule has 0 radical (unpaired) electrons. The molecule has 0 atom stereocenters. The third-order valence-electron chi connectivity index (χ3n) is 4.89. The van der Waals surface area contributed by atoms with Gasteiger partial charge in [-0.2, -0.15) is 0 Å². The lowest BCUT2D eigenvalue weighted by molar-refractivity contribution is -0.125. The summed E-state index contributed by atoms with van der Waals surface area (Å²) in [5.41, 5.74) is 0.0866. The lowest BCUT2D eigenvalue weighted by Crippen LogP contribution is -2.45. The zero-order valence-electron chi connectivity index (χ0n) is 15.0. The molecule has 0 unspecified atom stereocenters. The molecule has 2 heterocycles. The summed E-state index contributed by atoms with van der Waals surface area (Å²) in [6, 6.07) is 11.4. The molecule has 0 bridgehead atoms. The number of ether oxygens (including phenoxy) is 1. The van der Waals surface area contributed by atoms with Gasteiger partial charge in [-0.1, -0.05) is 34.1 Å². The average molecular weight is 419 g/mol. The molecular weight excluding hydrogens is 396 g/mol. The van der Waals surface area contributed by atoms with Crippen LogP contribution in [0.3, 0.4) is 0 Å². The van der Waals surface area contributed by atoms with Gasteiger partial charge in [0.05, 0.1) is 11.0 Å². The van der Waals surface area contributed by atoms with Crippen LogP contribution in [0, 0.1) is 0 Å². The molecule has 1 aliphatic heterocycles. The first-order valence-electron chi connectivity index (χ1n) is 8.65. The number of carbonyl (C=O) groups is 1. The Morgan fingerprint density at radius 2 is 1.85 bits per heavy atom. The van der Waals surface area contributed by atoms with Crippen molar-refractivity contribution in [2.24, 2.45) is 0 Å². The Bertz CT molecular complexity index is 761. The minimum Gasteiger partial charge on any atom is -0.386 e. The zero-order chi connectivity index (χ0) is 18.8. The third-order valence-corrected chi connectivity index (χ3v) is 5.42. The normalized spacial score (nSPS) is 16.9. The van der Waals surface area contributed by atoms with Gasteiger partial charge in [-0.3, -0.25) is 4.79 Å². The monoisotopic (exact) mass is 418 g/mol. The van der Waals surface area contributed by atoms with Gasteiger partial charge in [0.2, 0.25) is 5.91 Å². The molecule has 1 saturated heterocycles. The summed E-state index contributed by atoms with van der Waals surface area (Å²) in [4.78, 5) is 17.5. The maximum absolute atomic E-state index is 13.2. The van der Waals surface area contributed by atoms with Crippen molar-refractivity contribution in [3.8, 4) is 0 Å². The van der Waals surface area contributed by atoms with E-state index < -0.39 is 11.0 Å². The minimum absolute atomic E-state index is 0.0772. The van der Waals surface area contributed by atoms with Crippen molar-refractivity contribution in [1.82, 2.24) is 4.98 Å². The van der Waals surface area contributed by atoms with Gasteiger partial charge in [0.15, 0.2) is 0 Å². The van der Waals surface area contributed by atoms with Crippen LogP contribution in [0.5, 0.6) is 0 Å². The number of rotatable bonds is 4. The van der Waals surface area contributed by atoms with Crippen LogP contribution >= 0.6 is 15.9 Å². The highest BCUT2D eigenvalue weighted by Crippen LogP contribution is 2.36. The SMILES string of the molecule is CC(C)(O)c1ccc(NC(=O)C2(c3ccc(Br)cc3)CCOCC2)nc1. The quantitative estimate of drug-likeness (QED) is 0.792.